The van der Waals surface area contributed by atoms with E-state index >= 15 is 0 Å². The summed E-state index contributed by atoms with van der Waals surface area (Å²) in [5, 5.41) is 3.80. The zero-order valence-electron chi connectivity index (χ0n) is 13.8. The minimum Gasteiger partial charge on any atom is -0.476 e. The predicted octanol–water partition coefficient (Wildman–Crippen LogP) is 3.17. The highest BCUT2D eigenvalue weighted by Gasteiger charge is 2.36. The van der Waals surface area contributed by atoms with Crippen molar-refractivity contribution in [2.45, 2.75) is 31.9 Å². The first kappa shape index (κ1) is 21.5. The van der Waals surface area contributed by atoms with Crippen LogP contribution in [0, 0.1) is 11.8 Å². The molecule has 9 heteroatoms. The quantitative estimate of drug-likeness (QED) is 0.780. The van der Waals surface area contributed by atoms with Crippen molar-refractivity contribution in [3.63, 3.8) is 0 Å². The lowest BCUT2D eigenvalue weighted by molar-refractivity contribution is -0.143. The first-order valence-electron chi connectivity index (χ1n) is 7.90. The zero-order chi connectivity index (χ0) is 15.7. The monoisotopic (exact) mass is 385 g/mol. The Kier molecular flexibility index (Phi) is 7.80. The summed E-state index contributed by atoms with van der Waals surface area (Å²) in [6.45, 7) is 3.93. The Morgan fingerprint density at radius 3 is 2.29 bits per heavy atom. The molecule has 0 N–H and O–H groups in total. The third-order valence-corrected chi connectivity index (χ3v) is 4.86. The second kappa shape index (κ2) is 8.71. The highest BCUT2D eigenvalue weighted by Crippen LogP contribution is 2.36. The molecule has 4 nitrogen and oxygen atoms in total. The van der Waals surface area contributed by atoms with Crippen molar-refractivity contribution in [1.82, 2.24) is 14.7 Å². The van der Waals surface area contributed by atoms with Gasteiger partial charge in [0.25, 0.3) is 0 Å². The molecule has 2 atom stereocenters. The maximum Gasteiger partial charge on any atom is 0.433 e. The molecular formula is C15H26F3N3OS2. The predicted molar refractivity (Wildman–Crippen MR) is 96.4 cm³/mol. The Morgan fingerprint density at radius 2 is 1.79 bits per heavy atom. The number of hydrogen-bond donors (Lipinski definition) is 0. The minimum atomic E-state index is -4.39. The van der Waals surface area contributed by atoms with Crippen molar-refractivity contribution in [1.29, 1.82) is 0 Å². The van der Waals surface area contributed by atoms with Crippen LogP contribution in [0.3, 0.4) is 0 Å². The maximum absolute atomic E-state index is 12.7. The van der Waals surface area contributed by atoms with Crippen LogP contribution in [0.5, 0.6) is 5.88 Å². The summed E-state index contributed by atoms with van der Waals surface area (Å²) in [6, 6.07) is 0.980. The van der Waals surface area contributed by atoms with Crippen LogP contribution >= 0.6 is 27.0 Å². The Balaban J connectivity index is 0.00000144. The molecule has 1 aromatic rings. The van der Waals surface area contributed by atoms with Crippen LogP contribution in [0.2, 0.25) is 0 Å². The molecule has 0 aromatic carbocycles. The fraction of sp³-hybridized carbons (Fsp3) is 0.800. The van der Waals surface area contributed by atoms with Gasteiger partial charge in [-0.3, -0.25) is 4.68 Å². The van der Waals surface area contributed by atoms with Gasteiger partial charge >= 0.3 is 6.18 Å². The fourth-order valence-corrected chi connectivity index (χ4v) is 3.36. The molecule has 2 aliphatic rings. The smallest absolute Gasteiger partial charge is 0.433 e. The largest absolute Gasteiger partial charge is 0.476 e. The molecule has 2 fully saturated rings. The zero-order valence-corrected chi connectivity index (χ0v) is 15.8. The lowest BCUT2D eigenvalue weighted by atomic mass is 9.74. The van der Waals surface area contributed by atoms with Crippen molar-refractivity contribution >= 4 is 27.0 Å². The van der Waals surface area contributed by atoms with Gasteiger partial charge in [0, 0.05) is 19.7 Å². The van der Waals surface area contributed by atoms with Crippen LogP contribution in [-0.4, -0.2) is 40.9 Å². The standard InChI is InChI=1S/C15H22F3N3O.2H2S/c1-20-13(15(16,17)18)8-14(19-20)22-10-12-5-4-11(12)9-21-6-2-3-7-21;;/h8,11-12H,2-7,9-10H2,1H3;2*1H2/t11-,12-;;/m1../s1. The van der Waals surface area contributed by atoms with E-state index < -0.39 is 11.9 Å². The molecule has 0 amide bonds. The van der Waals surface area contributed by atoms with E-state index in [4.69, 9.17) is 4.74 Å². The topological polar surface area (TPSA) is 30.3 Å². The third-order valence-electron chi connectivity index (χ3n) is 4.86. The number of aryl methyl sites for hydroxylation is 1. The van der Waals surface area contributed by atoms with E-state index in [0.717, 1.165) is 23.7 Å². The van der Waals surface area contributed by atoms with Gasteiger partial charge in [-0.15, -0.1) is 5.10 Å². The molecule has 1 saturated heterocycles. The number of alkyl halides is 3. The van der Waals surface area contributed by atoms with E-state index in [1.54, 1.807) is 0 Å². The summed E-state index contributed by atoms with van der Waals surface area (Å²) in [6.07, 6.45) is 0.459. The second-order valence-electron chi connectivity index (χ2n) is 6.41. The van der Waals surface area contributed by atoms with Crippen LogP contribution in [0.25, 0.3) is 0 Å². The van der Waals surface area contributed by atoms with E-state index in [1.165, 1.54) is 39.4 Å². The molecule has 3 rings (SSSR count). The molecule has 0 spiro atoms. The van der Waals surface area contributed by atoms with Gasteiger partial charge in [-0.2, -0.15) is 40.2 Å². The van der Waals surface area contributed by atoms with Crippen molar-refractivity contribution in [2.75, 3.05) is 26.2 Å². The molecule has 1 saturated carbocycles. The summed E-state index contributed by atoms with van der Waals surface area (Å²) in [5.74, 6) is 1.13. The molecule has 140 valence electrons. The van der Waals surface area contributed by atoms with E-state index in [2.05, 4.69) is 10.00 Å². The SMILES string of the molecule is Cn1nc(OC[C@H]2CC[C@@H]2CN2CCCC2)cc1C(F)(F)F.S.S. The van der Waals surface area contributed by atoms with E-state index in [0.29, 0.717) is 18.4 Å². The molecule has 1 aromatic heterocycles. The molecular weight excluding hydrogens is 359 g/mol. The minimum absolute atomic E-state index is 0. The first-order valence-corrected chi connectivity index (χ1v) is 7.90. The number of likely N-dealkylation sites (tertiary alicyclic amines) is 1. The van der Waals surface area contributed by atoms with Crippen LogP contribution in [0.1, 0.15) is 31.4 Å². The van der Waals surface area contributed by atoms with Gasteiger partial charge in [-0.05, 0) is 50.6 Å². The summed E-state index contributed by atoms with van der Waals surface area (Å²) < 4.78 is 44.5. The summed E-state index contributed by atoms with van der Waals surface area (Å²) in [5.41, 5.74) is -0.773. The first-order chi connectivity index (χ1) is 10.4. The van der Waals surface area contributed by atoms with E-state index in [9.17, 15) is 13.2 Å². The molecule has 0 bridgehead atoms. The third kappa shape index (κ3) is 4.98. The van der Waals surface area contributed by atoms with Crippen molar-refractivity contribution in [3.8, 4) is 5.88 Å². The van der Waals surface area contributed by atoms with Gasteiger partial charge in [0.15, 0.2) is 0 Å². The van der Waals surface area contributed by atoms with Crippen molar-refractivity contribution in [2.24, 2.45) is 18.9 Å². The average molecular weight is 386 g/mol. The van der Waals surface area contributed by atoms with Crippen molar-refractivity contribution in [3.05, 3.63) is 11.8 Å². The Labute approximate surface area is 154 Å². The maximum atomic E-state index is 12.7. The number of rotatable bonds is 5. The summed E-state index contributed by atoms with van der Waals surface area (Å²) in [7, 11) is 1.29. The second-order valence-corrected chi connectivity index (χ2v) is 6.41. The van der Waals surface area contributed by atoms with Crippen molar-refractivity contribution < 1.29 is 17.9 Å². The highest BCUT2D eigenvalue weighted by atomic mass is 32.1. The van der Waals surface area contributed by atoms with Crippen LogP contribution in [0.4, 0.5) is 13.2 Å². The number of nitrogens with zero attached hydrogens (tertiary/aromatic N) is 3. The van der Waals surface area contributed by atoms with Gasteiger partial charge in [0.2, 0.25) is 5.88 Å². The van der Waals surface area contributed by atoms with Crippen LogP contribution < -0.4 is 4.74 Å². The molecule has 24 heavy (non-hydrogen) atoms. The Bertz CT molecular complexity index is 519. The van der Waals surface area contributed by atoms with Crippen LogP contribution in [0.15, 0.2) is 6.07 Å². The average Bonchev–Trinajstić information content (AvgIpc) is 3.03. The molecule has 1 aliphatic heterocycles. The number of aromatic nitrogens is 2. The Hall–Kier alpha value is -0.540. The van der Waals surface area contributed by atoms with Gasteiger partial charge in [-0.1, -0.05) is 0 Å². The number of hydrogen-bond acceptors (Lipinski definition) is 3. The summed E-state index contributed by atoms with van der Waals surface area (Å²) in [4.78, 5) is 2.49. The highest BCUT2D eigenvalue weighted by molar-refractivity contribution is 7.59. The molecule has 2 heterocycles. The van der Waals surface area contributed by atoms with Crippen LogP contribution in [-0.2, 0) is 13.2 Å². The molecule has 1 aliphatic carbocycles. The fourth-order valence-electron chi connectivity index (χ4n) is 3.36. The molecule has 0 radical (unpaired) electrons. The normalized spacial score (nSPS) is 24.0. The van der Waals surface area contributed by atoms with Gasteiger partial charge in [-0.25, -0.2) is 0 Å². The summed E-state index contributed by atoms with van der Waals surface area (Å²) >= 11 is 0. The van der Waals surface area contributed by atoms with Gasteiger partial charge < -0.3 is 9.64 Å². The number of ether oxygens (including phenoxy) is 1. The lowest BCUT2D eigenvalue weighted by Crippen LogP contribution is -2.39. The van der Waals surface area contributed by atoms with Gasteiger partial charge in [0.05, 0.1) is 6.61 Å². The number of halogens is 3. The van der Waals surface area contributed by atoms with E-state index in [-0.39, 0.29) is 32.9 Å². The lowest BCUT2D eigenvalue weighted by Gasteiger charge is -2.38. The van der Waals surface area contributed by atoms with Gasteiger partial charge in [0.1, 0.15) is 5.69 Å². The Morgan fingerprint density at radius 1 is 1.17 bits per heavy atom. The molecule has 0 unspecified atom stereocenters. The van der Waals surface area contributed by atoms with E-state index in [1.807, 2.05) is 0 Å².